The summed E-state index contributed by atoms with van der Waals surface area (Å²) in [5, 5.41) is 5.23. The van der Waals surface area contributed by atoms with Crippen LogP contribution in [0.15, 0.2) is 18.2 Å². The van der Waals surface area contributed by atoms with Crippen molar-refractivity contribution in [1.29, 1.82) is 0 Å². The van der Waals surface area contributed by atoms with E-state index < -0.39 is 8.32 Å². The van der Waals surface area contributed by atoms with Crippen LogP contribution in [-0.4, -0.2) is 20.9 Å². The first-order chi connectivity index (χ1) is 12.5. The largest absolute Gasteiger partial charge is 0.409 e. The van der Waals surface area contributed by atoms with Crippen molar-refractivity contribution >= 4 is 31.5 Å². The molecule has 2 rings (SSSR count). The molecule has 1 aromatic carbocycles. The third-order valence-corrected chi connectivity index (χ3v) is 11.4. The molecule has 1 fully saturated rings. The quantitative estimate of drug-likeness (QED) is 0.335. The minimum absolute atomic E-state index is 0.0639. The van der Waals surface area contributed by atoms with Crippen LogP contribution in [0.1, 0.15) is 71.0 Å². The van der Waals surface area contributed by atoms with Gasteiger partial charge in [-0.1, -0.05) is 75.7 Å². The van der Waals surface area contributed by atoms with E-state index in [4.69, 9.17) is 27.6 Å². The highest BCUT2D eigenvalue weighted by Crippen LogP contribution is 2.36. The molecule has 2 nitrogen and oxygen atoms in total. The Morgan fingerprint density at radius 1 is 1.00 bits per heavy atom. The Morgan fingerprint density at radius 2 is 1.54 bits per heavy atom. The van der Waals surface area contributed by atoms with Gasteiger partial charge in [0.05, 0.1) is 6.10 Å². The van der Waals surface area contributed by atoms with Gasteiger partial charge in [0, 0.05) is 28.2 Å². The Bertz CT molecular complexity index is 514. The minimum atomic E-state index is -1.76. The lowest BCUT2D eigenvalue weighted by atomic mass is 10.1. The van der Waals surface area contributed by atoms with Gasteiger partial charge in [0.15, 0.2) is 8.32 Å². The number of benzene rings is 1. The maximum absolute atomic E-state index is 6.86. The summed E-state index contributed by atoms with van der Waals surface area (Å²) in [5.41, 5.74) is 0.962. The summed E-state index contributed by atoms with van der Waals surface area (Å²) in [4.78, 5) is 0. The lowest BCUT2D eigenvalue weighted by Crippen LogP contribution is -2.41. The Labute approximate surface area is 171 Å². The van der Waals surface area contributed by atoms with Gasteiger partial charge in [-0.2, -0.15) is 0 Å². The van der Waals surface area contributed by atoms with Crippen LogP contribution in [0.5, 0.6) is 0 Å². The molecule has 0 saturated heterocycles. The highest BCUT2D eigenvalue weighted by Gasteiger charge is 2.34. The first kappa shape index (κ1) is 22.2. The summed E-state index contributed by atoms with van der Waals surface area (Å²) in [6, 6.07) is 9.74. The van der Waals surface area contributed by atoms with E-state index in [0.29, 0.717) is 6.04 Å². The van der Waals surface area contributed by atoms with E-state index in [9.17, 15) is 0 Å². The molecule has 1 saturated carbocycles. The molecule has 0 aromatic heterocycles. The predicted octanol–water partition coefficient (Wildman–Crippen LogP) is 7.37. The van der Waals surface area contributed by atoms with Crippen LogP contribution in [-0.2, 0) is 4.43 Å². The average Bonchev–Trinajstić information content (AvgIpc) is 2.92. The average molecular weight is 417 g/mol. The van der Waals surface area contributed by atoms with Crippen LogP contribution in [0, 0.1) is 0 Å². The van der Waals surface area contributed by atoms with Gasteiger partial charge < -0.3 is 9.74 Å². The Hall–Kier alpha value is -0.0631. The second-order valence-corrected chi connectivity index (χ2v) is 13.1. The van der Waals surface area contributed by atoms with E-state index >= 15 is 0 Å². The second-order valence-electron chi connectivity index (χ2n) is 7.58. The number of hydrogen-bond donors (Lipinski definition) is 1. The molecule has 0 aliphatic heterocycles. The molecule has 0 radical (unpaired) electrons. The number of halogens is 2. The summed E-state index contributed by atoms with van der Waals surface area (Å²) >= 11 is 13.1. The summed E-state index contributed by atoms with van der Waals surface area (Å²) in [5.74, 6) is 0. The third-order valence-electron chi connectivity index (χ3n) is 6.09. The summed E-state index contributed by atoms with van der Waals surface area (Å²) in [6.45, 7) is 7.60. The fourth-order valence-corrected chi connectivity index (χ4v) is 7.53. The van der Waals surface area contributed by atoms with Gasteiger partial charge >= 0.3 is 0 Å². The van der Waals surface area contributed by atoms with Gasteiger partial charge in [0.2, 0.25) is 0 Å². The van der Waals surface area contributed by atoms with Gasteiger partial charge in [-0.15, -0.1) is 0 Å². The zero-order valence-electron chi connectivity index (χ0n) is 16.6. The normalized spacial score (nSPS) is 17.9. The van der Waals surface area contributed by atoms with E-state index in [1.54, 1.807) is 0 Å². The SMILES string of the molecule is CC[Si](CC)(CC)OC(CNC1CCCCCC1)c1c(Cl)cccc1Cl. The first-order valence-corrected chi connectivity index (χ1v) is 13.7. The molecule has 26 heavy (non-hydrogen) atoms. The summed E-state index contributed by atoms with van der Waals surface area (Å²) < 4.78 is 6.86. The van der Waals surface area contributed by atoms with Gasteiger partial charge in [-0.3, -0.25) is 0 Å². The molecule has 1 unspecified atom stereocenters. The van der Waals surface area contributed by atoms with Crippen LogP contribution in [0.4, 0.5) is 0 Å². The number of nitrogens with one attached hydrogen (secondary N) is 1. The van der Waals surface area contributed by atoms with E-state index in [1.807, 2.05) is 18.2 Å². The Morgan fingerprint density at radius 3 is 2.04 bits per heavy atom. The molecule has 1 atom stereocenters. The van der Waals surface area contributed by atoms with Gasteiger partial charge in [0.1, 0.15) is 0 Å². The molecule has 1 N–H and O–H groups in total. The van der Waals surface area contributed by atoms with Crippen molar-refractivity contribution in [3.05, 3.63) is 33.8 Å². The van der Waals surface area contributed by atoms with E-state index in [0.717, 1.165) is 40.3 Å². The van der Waals surface area contributed by atoms with Crippen molar-refractivity contribution in [1.82, 2.24) is 5.32 Å². The maximum atomic E-state index is 6.86. The Kier molecular flexibility index (Phi) is 9.46. The van der Waals surface area contributed by atoms with Crippen LogP contribution in [0.25, 0.3) is 0 Å². The Balaban J connectivity index is 2.20. The topological polar surface area (TPSA) is 21.3 Å². The molecule has 1 aliphatic carbocycles. The smallest absolute Gasteiger partial charge is 0.192 e. The van der Waals surface area contributed by atoms with Crippen LogP contribution >= 0.6 is 23.2 Å². The lowest BCUT2D eigenvalue weighted by Gasteiger charge is -2.35. The number of rotatable bonds is 9. The molecule has 0 bridgehead atoms. The molecule has 0 spiro atoms. The van der Waals surface area contributed by atoms with Gasteiger partial charge in [0.25, 0.3) is 0 Å². The molecule has 0 amide bonds. The van der Waals surface area contributed by atoms with Crippen molar-refractivity contribution in [2.75, 3.05) is 6.54 Å². The molecular formula is C21H35Cl2NOSi. The van der Waals surface area contributed by atoms with Crippen molar-refractivity contribution < 1.29 is 4.43 Å². The second kappa shape index (κ2) is 11.1. The van der Waals surface area contributed by atoms with Crippen LogP contribution in [0.2, 0.25) is 28.2 Å². The standard InChI is InChI=1S/C21H35Cl2NOSi/c1-4-26(5-2,6-3)25-20(21-18(22)14-11-15-19(21)23)16-24-17-12-9-7-8-10-13-17/h11,14-15,17,20,24H,4-10,12-13,16H2,1-3H3. The molecule has 1 aromatic rings. The zero-order chi connectivity index (χ0) is 19.0. The zero-order valence-corrected chi connectivity index (χ0v) is 19.1. The van der Waals surface area contributed by atoms with E-state index in [-0.39, 0.29) is 6.10 Å². The van der Waals surface area contributed by atoms with Crippen molar-refractivity contribution in [3.63, 3.8) is 0 Å². The molecular weight excluding hydrogens is 381 g/mol. The minimum Gasteiger partial charge on any atom is -0.409 e. The molecule has 148 valence electrons. The fraction of sp³-hybridized carbons (Fsp3) is 0.714. The number of hydrogen-bond acceptors (Lipinski definition) is 2. The van der Waals surface area contributed by atoms with Crippen molar-refractivity contribution in [3.8, 4) is 0 Å². The molecule has 5 heteroatoms. The first-order valence-electron chi connectivity index (χ1n) is 10.4. The van der Waals surface area contributed by atoms with E-state index in [2.05, 4.69) is 26.1 Å². The highest BCUT2D eigenvalue weighted by atomic mass is 35.5. The van der Waals surface area contributed by atoms with Gasteiger partial charge in [-0.25, -0.2) is 0 Å². The van der Waals surface area contributed by atoms with Crippen LogP contribution < -0.4 is 5.32 Å². The third kappa shape index (κ3) is 5.97. The maximum Gasteiger partial charge on any atom is 0.192 e. The fourth-order valence-electron chi connectivity index (χ4n) is 4.08. The van der Waals surface area contributed by atoms with Gasteiger partial charge in [-0.05, 0) is 43.1 Å². The monoisotopic (exact) mass is 415 g/mol. The summed E-state index contributed by atoms with van der Waals surface area (Å²) in [6.07, 6.45) is 7.85. The van der Waals surface area contributed by atoms with Crippen molar-refractivity contribution in [2.24, 2.45) is 0 Å². The predicted molar refractivity (Wildman–Crippen MR) is 117 cm³/mol. The van der Waals surface area contributed by atoms with Crippen LogP contribution in [0.3, 0.4) is 0 Å². The van der Waals surface area contributed by atoms with E-state index in [1.165, 1.54) is 38.5 Å². The molecule has 1 aliphatic rings. The van der Waals surface area contributed by atoms with Crippen molar-refractivity contribution in [2.45, 2.75) is 89.6 Å². The highest BCUT2D eigenvalue weighted by molar-refractivity contribution is 6.73. The summed E-state index contributed by atoms with van der Waals surface area (Å²) in [7, 11) is -1.76. The lowest BCUT2D eigenvalue weighted by molar-refractivity contribution is 0.179. The molecule has 0 heterocycles.